The van der Waals surface area contributed by atoms with Crippen LogP contribution in [0.2, 0.25) is 0 Å². The second kappa shape index (κ2) is 7.19. The molecule has 0 unspecified atom stereocenters. The van der Waals surface area contributed by atoms with Crippen LogP contribution in [0.5, 0.6) is 5.75 Å². The Labute approximate surface area is 156 Å². The summed E-state index contributed by atoms with van der Waals surface area (Å²) >= 11 is 0. The van der Waals surface area contributed by atoms with E-state index in [2.05, 4.69) is 10.3 Å². The lowest BCUT2D eigenvalue weighted by Gasteiger charge is -2.32. The van der Waals surface area contributed by atoms with Crippen molar-refractivity contribution >= 4 is 16.8 Å². The first-order valence-corrected chi connectivity index (χ1v) is 8.95. The fourth-order valence-corrected chi connectivity index (χ4v) is 3.47. The number of carbonyl (C=O) groups is 1. The summed E-state index contributed by atoms with van der Waals surface area (Å²) in [5, 5.41) is 8.84. The van der Waals surface area contributed by atoms with E-state index < -0.39 is 0 Å². The van der Waals surface area contributed by atoms with Crippen LogP contribution in [0.15, 0.2) is 53.3 Å². The lowest BCUT2D eigenvalue weighted by atomic mass is 10.0. The van der Waals surface area contributed by atoms with Crippen LogP contribution in [-0.4, -0.2) is 46.0 Å². The summed E-state index contributed by atoms with van der Waals surface area (Å²) in [5.74, 6) is 0.715. The van der Waals surface area contributed by atoms with Gasteiger partial charge in [0.05, 0.1) is 18.5 Å². The number of amides is 1. The van der Waals surface area contributed by atoms with Crippen LogP contribution in [-0.2, 0) is 0 Å². The fourth-order valence-electron chi connectivity index (χ4n) is 3.47. The molecule has 1 fully saturated rings. The highest BCUT2D eigenvalue weighted by Crippen LogP contribution is 2.22. The monoisotopic (exact) mass is 364 g/mol. The number of hydrogen-bond acceptors (Lipinski definition) is 5. The molecule has 7 nitrogen and oxygen atoms in total. The van der Waals surface area contributed by atoms with Crippen molar-refractivity contribution in [3.8, 4) is 5.75 Å². The first-order valence-electron chi connectivity index (χ1n) is 8.95. The standard InChI is InChI=1S/C20H20N4O3/c1-27-16-8-6-14(7-9-16)19(25)23-12-10-15(11-13-23)24-20(26)17-4-2-3-5-18(17)21-22-24/h2-9,15H,10-13H2,1H3. The van der Waals surface area contributed by atoms with Gasteiger partial charge in [0.2, 0.25) is 0 Å². The number of ether oxygens (including phenoxy) is 1. The summed E-state index contributed by atoms with van der Waals surface area (Å²) in [6.45, 7) is 1.16. The zero-order valence-corrected chi connectivity index (χ0v) is 15.0. The Morgan fingerprint density at radius 2 is 1.78 bits per heavy atom. The first kappa shape index (κ1) is 17.2. The highest BCUT2D eigenvalue weighted by molar-refractivity contribution is 5.94. The van der Waals surface area contributed by atoms with Crippen molar-refractivity contribution < 1.29 is 9.53 Å². The van der Waals surface area contributed by atoms with Gasteiger partial charge in [-0.3, -0.25) is 9.59 Å². The Kier molecular flexibility index (Phi) is 4.58. The summed E-state index contributed by atoms with van der Waals surface area (Å²) in [6, 6.07) is 14.3. The van der Waals surface area contributed by atoms with E-state index in [1.165, 1.54) is 4.68 Å². The van der Waals surface area contributed by atoms with E-state index >= 15 is 0 Å². The van der Waals surface area contributed by atoms with E-state index in [4.69, 9.17) is 4.74 Å². The zero-order chi connectivity index (χ0) is 18.8. The molecular formula is C20H20N4O3. The Morgan fingerprint density at radius 1 is 1.07 bits per heavy atom. The molecule has 138 valence electrons. The van der Waals surface area contributed by atoms with Crippen molar-refractivity contribution in [1.82, 2.24) is 19.9 Å². The third-order valence-corrected chi connectivity index (χ3v) is 5.03. The molecule has 7 heteroatoms. The van der Waals surface area contributed by atoms with Crippen molar-refractivity contribution in [2.45, 2.75) is 18.9 Å². The van der Waals surface area contributed by atoms with E-state index in [0.717, 1.165) is 5.75 Å². The highest BCUT2D eigenvalue weighted by Gasteiger charge is 2.26. The summed E-state index contributed by atoms with van der Waals surface area (Å²) in [7, 11) is 1.60. The molecule has 4 rings (SSSR count). The van der Waals surface area contributed by atoms with Crippen LogP contribution in [0, 0.1) is 0 Å². The highest BCUT2D eigenvalue weighted by atomic mass is 16.5. The molecule has 1 aromatic heterocycles. The number of likely N-dealkylation sites (tertiary alicyclic amines) is 1. The second-order valence-electron chi connectivity index (χ2n) is 6.61. The average Bonchev–Trinajstić information content (AvgIpc) is 2.74. The molecular weight excluding hydrogens is 344 g/mol. The van der Waals surface area contributed by atoms with Crippen LogP contribution in [0.3, 0.4) is 0 Å². The smallest absolute Gasteiger partial charge is 0.277 e. The molecule has 0 spiro atoms. The summed E-state index contributed by atoms with van der Waals surface area (Å²) < 4.78 is 6.60. The molecule has 1 amide bonds. The van der Waals surface area contributed by atoms with Crippen LogP contribution < -0.4 is 10.3 Å². The molecule has 2 heterocycles. The van der Waals surface area contributed by atoms with E-state index in [-0.39, 0.29) is 17.5 Å². The van der Waals surface area contributed by atoms with Gasteiger partial charge < -0.3 is 9.64 Å². The van der Waals surface area contributed by atoms with Crippen LogP contribution in [0.4, 0.5) is 0 Å². The van der Waals surface area contributed by atoms with Gasteiger partial charge in [0.1, 0.15) is 11.3 Å². The fraction of sp³-hybridized carbons (Fsp3) is 0.300. The lowest BCUT2D eigenvalue weighted by molar-refractivity contribution is 0.0687. The largest absolute Gasteiger partial charge is 0.497 e. The van der Waals surface area contributed by atoms with Gasteiger partial charge in [-0.05, 0) is 49.2 Å². The van der Waals surface area contributed by atoms with Crippen molar-refractivity contribution in [2.75, 3.05) is 20.2 Å². The number of hydrogen-bond donors (Lipinski definition) is 0. The third-order valence-electron chi connectivity index (χ3n) is 5.03. The number of benzene rings is 2. The Bertz CT molecular complexity index is 1020. The van der Waals surface area contributed by atoms with Crippen molar-refractivity contribution in [2.24, 2.45) is 0 Å². The van der Waals surface area contributed by atoms with Crippen molar-refractivity contribution in [1.29, 1.82) is 0 Å². The minimum Gasteiger partial charge on any atom is -0.497 e. The molecule has 0 radical (unpaired) electrons. The lowest BCUT2D eigenvalue weighted by Crippen LogP contribution is -2.41. The number of aromatic nitrogens is 3. The molecule has 0 atom stereocenters. The van der Waals surface area contributed by atoms with Gasteiger partial charge in [0.25, 0.3) is 11.5 Å². The average molecular weight is 364 g/mol. The third kappa shape index (κ3) is 3.28. The number of carbonyl (C=O) groups excluding carboxylic acids is 1. The molecule has 0 bridgehead atoms. The normalized spacial score (nSPS) is 15.1. The number of nitrogens with zero attached hydrogens (tertiary/aromatic N) is 4. The Hall–Kier alpha value is -3.22. The van der Waals surface area contributed by atoms with Gasteiger partial charge in [-0.15, -0.1) is 5.10 Å². The van der Waals surface area contributed by atoms with Crippen LogP contribution in [0.25, 0.3) is 10.9 Å². The maximum atomic E-state index is 12.7. The molecule has 27 heavy (non-hydrogen) atoms. The summed E-state index contributed by atoms with van der Waals surface area (Å²) in [4.78, 5) is 27.2. The Morgan fingerprint density at radius 3 is 2.48 bits per heavy atom. The predicted molar refractivity (Wildman–Crippen MR) is 101 cm³/mol. The molecule has 0 saturated carbocycles. The van der Waals surface area contributed by atoms with E-state index in [1.54, 1.807) is 43.5 Å². The first-order chi connectivity index (χ1) is 13.2. The molecule has 0 aliphatic carbocycles. The second-order valence-corrected chi connectivity index (χ2v) is 6.61. The maximum absolute atomic E-state index is 12.7. The molecule has 1 aliphatic rings. The number of methoxy groups -OCH3 is 1. The molecule has 1 aliphatic heterocycles. The van der Waals surface area contributed by atoms with Gasteiger partial charge in [0, 0.05) is 18.7 Å². The number of fused-ring (bicyclic) bond motifs is 1. The minimum absolute atomic E-state index is 0.00644. The summed E-state index contributed by atoms with van der Waals surface area (Å²) in [5.41, 5.74) is 1.11. The SMILES string of the molecule is COc1ccc(C(=O)N2CCC(n3nnc4ccccc4c3=O)CC2)cc1. The van der Waals surface area contributed by atoms with E-state index in [0.29, 0.717) is 42.4 Å². The van der Waals surface area contributed by atoms with E-state index in [9.17, 15) is 9.59 Å². The predicted octanol–water partition coefficient (Wildman–Crippen LogP) is 2.28. The number of rotatable bonds is 3. The van der Waals surface area contributed by atoms with Crippen LogP contribution in [0.1, 0.15) is 29.2 Å². The van der Waals surface area contributed by atoms with Gasteiger partial charge in [-0.2, -0.15) is 0 Å². The number of piperidine rings is 1. The Balaban J connectivity index is 1.48. The molecule has 0 N–H and O–H groups in total. The van der Waals surface area contributed by atoms with Crippen molar-refractivity contribution in [3.63, 3.8) is 0 Å². The maximum Gasteiger partial charge on any atom is 0.277 e. The van der Waals surface area contributed by atoms with Gasteiger partial charge in [0.15, 0.2) is 0 Å². The summed E-state index contributed by atoms with van der Waals surface area (Å²) in [6.07, 6.45) is 1.35. The van der Waals surface area contributed by atoms with Gasteiger partial charge in [-0.25, -0.2) is 4.68 Å². The van der Waals surface area contributed by atoms with Gasteiger partial charge >= 0.3 is 0 Å². The topological polar surface area (TPSA) is 77.3 Å². The zero-order valence-electron chi connectivity index (χ0n) is 15.0. The van der Waals surface area contributed by atoms with Crippen LogP contribution >= 0.6 is 0 Å². The molecule has 3 aromatic rings. The molecule has 2 aromatic carbocycles. The quantitative estimate of drug-likeness (QED) is 0.713. The van der Waals surface area contributed by atoms with E-state index in [1.807, 2.05) is 17.0 Å². The molecule has 1 saturated heterocycles. The van der Waals surface area contributed by atoms with Crippen molar-refractivity contribution in [3.05, 3.63) is 64.4 Å². The minimum atomic E-state index is -0.125. The van der Waals surface area contributed by atoms with Gasteiger partial charge in [-0.1, -0.05) is 17.3 Å².